The summed E-state index contributed by atoms with van der Waals surface area (Å²) < 4.78 is 13.0. The smallest absolute Gasteiger partial charge is 0.237 e. The molecule has 1 N–H and O–H groups in total. The summed E-state index contributed by atoms with van der Waals surface area (Å²) in [7, 11) is 2.09. The molecule has 4 heterocycles. The van der Waals surface area contributed by atoms with Crippen LogP contribution in [0.15, 0.2) is 43.0 Å². The van der Waals surface area contributed by atoms with Gasteiger partial charge in [0, 0.05) is 56.8 Å². The highest BCUT2D eigenvalue weighted by molar-refractivity contribution is 5.77. The van der Waals surface area contributed by atoms with E-state index in [0.717, 1.165) is 54.6 Å². The molecule has 2 aliphatic heterocycles. The highest BCUT2D eigenvalue weighted by atomic mass is 16.6. The molecule has 1 atom stereocenters. The molecule has 1 unspecified atom stereocenters. The number of nitrogens with one attached hydrogen (secondary N) is 1. The number of nitrogens with zero attached hydrogens (tertiary/aromatic N) is 6. The quantitative estimate of drug-likeness (QED) is 0.548. The predicted molar refractivity (Wildman–Crippen MR) is 131 cm³/mol. The fraction of sp³-hybridized carbons (Fsp3) is 0.440. The van der Waals surface area contributed by atoms with Crippen LogP contribution in [-0.2, 0) is 11.2 Å². The van der Waals surface area contributed by atoms with E-state index in [2.05, 4.69) is 32.1 Å². The van der Waals surface area contributed by atoms with E-state index in [0.29, 0.717) is 32.1 Å². The van der Waals surface area contributed by atoms with E-state index < -0.39 is 0 Å². The number of aryl methyl sites for hydroxylation is 1. The van der Waals surface area contributed by atoms with Gasteiger partial charge in [0.25, 0.3) is 0 Å². The summed E-state index contributed by atoms with van der Waals surface area (Å²) in [5, 5.41) is 3.09. The SMILES string of the molecule is Cc1cc(N2CCN(C)CC2CC(=O)NCCc2ccc3c(c2)OCCO3)nc(-n2ccnc2)n1. The normalized spacial score (nSPS) is 17.9. The van der Waals surface area contributed by atoms with Crippen molar-refractivity contribution < 1.29 is 14.3 Å². The summed E-state index contributed by atoms with van der Waals surface area (Å²) in [6.07, 6.45) is 6.36. The van der Waals surface area contributed by atoms with Crippen LogP contribution in [0, 0.1) is 6.92 Å². The van der Waals surface area contributed by atoms with Gasteiger partial charge in [-0.2, -0.15) is 4.98 Å². The number of piperazine rings is 1. The van der Waals surface area contributed by atoms with E-state index in [-0.39, 0.29) is 11.9 Å². The van der Waals surface area contributed by atoms with Crippen molar-refractivity contribution in [3.8, 4) is 17.4 Å². The summed E-state index contributed by atoms with van der Waals surface area (Å²) in [5.74, 6) is 3.01. The molecular weight excluding hydrogens is 446 g/mol. The lowest BCUT2D eigenvalue weighted by atomic mass is 10.1. The molecule has 5 rings (SSSR count). The number of ether oxygens (including phenoxy) is 2. The summed E-state index contributed by atoms with van der Waals surface area (Å²) in [5.41, 5.74) is 1.98. The zero-order valence-corrected chi connectivity index (χ0v) is 20.2. The maximum atomic E-state index is 12.9. The largest absolute Gasteiger partial charge is 0.486 e. The Morgan fingerprint density at radius 1 is 1.14 bits per heavy atom. The molecule has 184 valence electrons. The second-order valence-electron chi connectivity index (χ2n) is 9.03. The van der Waals surface area contributed by atoms with Gasteiger partial charge in [0.05, 0.1) is 6.04 Å². The molecule has 3 aromatic rings. The van der Waals surface area contributed by atoms with Crippen LogP contribution in [0.25, 0.3) is 5.95 Å². The minimum atomic E-state index is 0.0213. The van der Waals surface area contributed by atoms with Crippen LogP contribution < -0.4 is 19.7 Å². The van der Waals surface area contributed by atoms with Crippen molar-refractivity contribution in [1.82, 2.24) is 29.7 Å². The zero-order valence-electron chi connectivity index (χ0n) is 20.2. The number of imidazole rings is 1. The van der Waals surface area contributed by atoms with E-state index in [4.69, 9.17) is 14.5 Å². The highest BCUT2D eigenvalue weighted by Gasteiger charge is 2.29. The molecule has 0 radical (unpaired) electrons. The minimum Gasteiger partial charge on any atom is -0.486 e. The Labute approximate surface area is 204 Å². The molecule has 1 amide bonds. The molecule has 10 heteroatoms. The van der Waals surface area contributed by atoms with Gasteiger partial charge in [-0.05, 0) is 38.1 Å². The van der Waals surface area contributed by atoms with Gasteiger partial charge >= 0.3 is 0 Å². The van der Waals surface area contributed by atoms with Crippen LogP contribution in [0.1, 0.15) is 17.7 Å². The Hall–Kier alpha value is -3.66. The molecule has 2 aliphatic rings. The number of rotatable bonds is 7. The van der Waals surface area contributed by atoms with Gasteiger partial charge in [-0.15, -0.1) is 0 Å². The maximum absolute atomic E-state index is 12.9. The lowest BCUT2D eigenvalue weighted by Gasteiger charge is -2.40. The third kappa shape index (κ3) is 5.54. The van der Waals surface area contributed by atoms with E-state index in [1.165, 1.54) is 0 Å². The molecule has 0 bridgehead atoms. The van der Waals surface area contributed by atoms with Crippen LogP contribution >= 0.6 is 0 Å². The number of aromatic nitrogens is 4. The first-order valence-electron chi connectivity index (χ1n) is 12.0. The van der Waals surface area contributed by atoms with E-state index in [1.54, 1.807) is 17.1 Å². The van der Waals surface area contributed by atoms with Gasteiger partial charge < -0.3 is 24.6 Å². The van der Waals surface area contributed by atoms with Crippen LogP contribution in [0.4, 0.5) is 5.82 Å². The van der Waals surface area contributed by atoms with Crippen molar-refractivity contribution in [2.75, 3.05) is 51.3 Å². The van der Waals surface area contributed by atoms with Crippen molar-refractivity contribution in [2.24, 2.45) is 0 Å². The van der Waals surface area contributed by atoms with Crippen LogP contribution in [-0.4, -0.2) is 82.8 Å². The Balaban J connectivity index is 1.22. The summed E-state index contributed by atoms with van der Waals surface area (Å²) in [6.45, 7) is 6.17. The molecular formula is C25H31N7O3. The highest BCUT2D eigenvalue weighted by Crippen LogP contribution is 2.30. The summed E-state index contributed by atoms with van der Waals surface area (Å²) >= 11 is 0. The zero-order chi connectivity index (χ0) is 24.2. The molecule has 1 saturated heterocycles. The molecule has 1 aromatic carbocycles. The Morgan fingerprint density at radius 3 is 2.83 bits per heavy atom. The fourth-order valence-corrected chi connectivity index (χ4v) is 4.54. The van der Waals surface area contributed by atoms with Gasteiger partial charge in [0.1, 0.15) is 25.4 Å². The summed E-state index contributed by atoms with van der Waals surface area (Å²) in [6, 6.07) is 7.95. The fourth-order valence-electron chi connectivity index (χ4n) is 4.54. The number of hydrogen-bond donors (Lipinski definition) is 1. The number of benzene rings is 1. The van der Waals surface area contributed by atoms with Gasteiger partial charge in [-0.1, -0.05) is 6.07 Å². The number of hydrogen-bond acceptors (Lipinski definition) is 8. The van der Waals surface area contributed by atoms with Gasteiger partial charge in [-0.25, -0.2) is 9.97 Å². The monoisotopic (exact) mass is 477 g/mol. The number of amides is 1. The molecule has 0 saturated carbocycles. The van der Waals surface area contributed by atoms with Crippen LogP contribution in [0.5, 0.6) is 11.5 Å². The lowest BCUT2D eigenvalue weighted by Crippen LogP contribution is -2.54. The van der Waals surface area contributed by atoms with Gasteiger partial charge in [0.2, 0.25) is 11.9 Å². The number of anilines is 1. The van der Waals surface area contributed by atoms with Gasteiger partial charge in [-0.3, -0.25) is 9.36 Å². The van der Waals surface area contributed by atoms with E-state index >= 15 is 0 Å². The molecule has 2 aromatic heterocycles. The van der Waals surface area contributed by atoms with Crippen molar-refractivity contribution in [2.45, 2.75) is 25.8 Å². The molecule has 35 heavy (non-hydrogen) atoms. The number of carbonyl (C=O) groups excluding carboxylic acids is 1. The van der Waals surface area contributed by atoms with Gasteiger partial charge in [0.15, 0.2) is 11.5 Å². The topological polar surface area (TPSA) is 97.6 Å². The minimum absolute atomic E-state index is 0.0213. The van der Waals surface area contributed by atoms with Crippen molar-refractivity contribution in [3.63, 3.8) is 0 Å². The first-order valence-corrected chi connectivity index (χ1v) is 12.0. The Bertz CT molecular complexity index is 1170. The molecule has 0 aliphatic carbocycles. The molecule has 10 nitrogen and oxygen atoms in total. The van der Waals surface area contributed by atoms with Crippen LogP contribution in [0.2, 0.25) is 0 Å². The lowest BCUT2D eigenvalue weighted by molar-refractivity contribution is -0.121. The number of fused-ring (bicyclic) bond motifs is 1. The first-order chi connectivity index (χ1) is 17.0. The van der Waals surface area contributed by atoms with E-state index in [1.807, 2.05) is 37.4 Å². The third-order valence-electron chi connectivity index (χ3n) is 6.31. The average Bonchev–Trinajstić information content (AvgIpc) is 3.39. The Morgan fingerprint density at radius 2 is 2.00 bits per heavy atom. The Kier molecular flexibility index (Phi) is 6.80. The number of likely N-dealkylation sites (N-methyl/N-ethyl adjacent to an activating group) is 1. The average molecular weight is 478 g/mol. The standard InChI is InChI=1S/C25H31N7O3/c1-18-13-23(29-25(28-18)31-8-7-26-17-31)32-10-9-30(2)16-20(32)15-24(33)27-6-5-19-3-4-21-22(14-19)35-12-11-34-21/h3-4,7-8,13-14,17,20H,5-6,9-12,15-16H2,1-2H3,(H,27,33). The van der Waals surface area contributed by atoms with Crippen LogP contribution in [0.3, 0.4) is 0 Å². The predicted octanol–water partition coefficient (Wildman–Crippen LogP) is 1.61. The van der Waals surface area contributed by atoms with E-state index in [9.17, 15) is 4.79 Å². The maximum Gasteiger partial charge on any atom is 0.237 e. The summed E-state index contributed by atoms with van der Waals surface area (Å²) in [4.78, 5) is 30.8. The molecule has 0 spiro atoms. The second kappa shape index (κ2) is 10.3. The van der Waals surface area contributed by atoms with Crippen molar-refractivity contribution in [3.05, 3.63) is 54.2 Å². The third-order valence-corrected chi connectivity index (χ3v) is 6.31. The molecule has 1 fully saturated rings. The van der Waals surface area contributed by atoms with Crippen molar-refractivity contribution >= 4 is 11.7 Å². The van der Waals surface area contributed by atoms with Crippen molar-refractivity contribution in [1.29, 1.82) is 0 Å². The number of carbonyl (C=O) groups is 1. The first kappa shape index (κ1) is 23.1. The second-order valence-corrected chi connectivity index (χ2v) is 9.03.